The first-order valence-electron chi connectivity index (χ1n) is 11.2. The van der Waals surface area contributed by atoms with Crippen molar-refractivity contribution in [3.8, 4) is 5.75 Å². The molecule has 7 heteroatoms. The van der Waals surface area contributed by atoms with Crippen LogP contribution < -0.4 is 4.74 Å². The quantitative estimate of drug-likeness (QED) is 0.320. The summed E-state index contributed by atoms with van der Waals surface area (Å²) in [4.78, 5) is 36.1. The Bertz CT molecular complexity index is 1220. The second-order valence-electron chi connectivity index (χ2n) is 8.72. The monoisotopic (exact) mass is 457 g/mol. The van der Waals surface area contributed by atoms with Crippen LogP contribution in [0.3, 0.4) is 0 Å². The lowest BCUT2D eigenvalue weighted by atomic mass is 9.97. The fraction of sp³-hybridized carbons (Fsp3) is 0.259. The number of aliphatic hydroxyl groups is 1. The van der Waals surface area contributed by atoms with E-state index in [4.69, 9.17) is 4.74 Å². The Balaban J connectivity index is 1.77. The summed E-state index contributed by atoms with van der Waals surface area (Å²) in [6.45, 7) is 6.78. The molecule has 3 heterocycles. The third kappa shape index (κ3) is 4.69. The first kappa shape index (κ1) is 23.2. The predicted molar refractivity (Wildman–Crippen MR) is 128 cm³/mol. The van der Waals surface area contributed by atoms with Gasteiger partial charge in [0.05, 0.1) is 17.9 Å². The summed E-state index contributed by atoms with van der Waals surface area (Å²) < 4.78 is 5.83. The molecule has 34 heavy (non-hydrogen) atoms. The first-order valence-corrected chi connectivity index (χ1v) is 11.2. The molecule has 7 nitrogen and oxygen atoms in total. The highest BCUT2D eigenvalue weighted by Crippen LogP contribution is 2.39. The Morgan fingerprint density at radius 3 is 2.50 bits per heavy atom. The molecule has 1 unspecified atom stereocenters. The molecule has 0 spiro atoms. The summed E-state index contributed by atoms with van der Waals surface area (Å²) in [7, 11) is 0. The molecule has 174 valence electrons. The van der Waals surface area contributed by atoms with Crippen LogP contribution in [0, 0.1) is 12.8 Å². The molecule has 2 aromatic heterocycles. The Morgan fingerprint density at radius 2 is 1.85 bits per heavy atom. The number of likely N-dealkylation sites (tertiary alicyclic amines) is 1. The van der Waals surface area contributed by atoms with Crippen LogP contribution in [-0.4, -0.2) is 38.3 Å². The van der Waals surface area contributed by atoms with Crippen molar-refractivity contribution >= 4 is 17.4 Å². The van der Waals surface area contributed by atoms with Crippen LogP contribution in [-0.2, 0) is 16.1 Å². The van der Waals surface area contributed by atoms with Crippen LogP contribution in [0.25, 0.3) is 5.76 Å². The summed E-state index contributed by atoms with van der Waals surface area (Å²) in [5.74, 6) is -0.556. The summed E-state index contributed by atoms with van der Waals surface area (Å²) in [6, 6.07) is 13.3. The highest BCUT2D eigenvalue weighted by Gasteiger charge is 2.46. The second kappa shape index (κ2) is 9.87. The number of ketones is 1. The van der Waals surface area contributed by atoms with Crippen molar-refractivity contribution in [1.82, 2.24) is 14.9 Å². The third-order valence-electron chi connectivity index (χ3n) is 5.63. The number of ether oxygens (including phenoxy) is 1. The number of benzene rings is 1. The van der Waals surface area contributed by atoms with E-state index in [1.54, 1.807) is 67.1 Å². The number of pyridine rings is 2. The fourth-order valence-corrected chi connectivity index (χ4v) is 3.94. The predicted octanol–water partition coefficient (Wildman–Crippen LogP) is 4.44. The largest absolute Gasteiger partial charge is 0.507 e. The third-order valence-corrected chi connectivity index (χ3v) is 5.63. The van der Waals surface area contributed by atoms with Crippen molar-refractivity contribution < 1.29 is 19.4 Å². The SMILES string of the molecule is Cc1cc(/C(O)=C2/C(=O)C(=O)N(Cc3ccncc3)C2c2ccccn2)ccc1OCC(C)C. The maximum atomic E-state index is 13.2. The first-order chi connectivity index (χ1) is 16.4. The molecule has 1 aromatic carbocycles. The number of nitrogens with zero attached hydrogens (tertiary/aromatic N) is 3. The second-order valence-corrected chi connectivity index (χ2v) is 8.72. The van der Waals surface area contributed by atoms with Gasteiger partial charge < -0.3 is 14.7 Å². The number of carbonyl (C=O) groups excluding carboxylic acids is 2. The normalized spacial score (nSPS) is 17.4. The molecule has 1 N–H and O–H groups in total. The van der Waals surface area contributed by atoms with Gasteiger partial charge in [-0.3, -0.25) is 19.6 Å². The van der Waals surface area contributed by atoms with Gasteiger partial charge in [-0.1, -0.05) is 19.9 Å². The smallest absolute Gasteiger partial charge is 0.296 e. The molecule has 0 aliphatic carbocycles. The lowest BCUT2D eigenvalue weighted by molar-refractivity contribution is -0.140. The number of Topliss-reactive ketones (excluding diaryl/α,β-unsaturated/α-hetero) is 1. The number of carbonyl (C=O) groups is 2. The van der Waals surface area contributed by atoms with Gasteiger partial charge in [0.1, 0.15) is 17.6 Å². The summed E-state index contributed by atoms with van der Waals surface area (Å²) in [5.41, 5.74) is 2.61. The maximum Gasteiger partial charge on any atom is 0.296 e. The maximum absolute atomic E-state index is 13.2. The molecule has 1 aliphatic heterocycles. The molecule has 1 aliphatic rings. The topological polar surface area (TPSA) is 92.6 Å². The van der Waals surface area contributed by atoms with Gasteiger partial charge in [-0.15, -0.1) is 0 Å². The zero-order valence-corrected chi connectivity index (χ0v) is 19.4. The Morgan fingerprint density at radius 1 is 1.09 bits per heavy atom. The molecule has 1 atom stereocenters. The number of rotatable bonds is 7. The van der Waals surface area contributed by atoms with Gasteiger partial charge in [-0.2, -0.15) is 0 Å². The molecule has 0 radical (unpaired) electrons. The molecule has 1 amide bonds. The van der Waals surface area contributed by atoms with Crippen molar-refractivity contribution in [3.05, 3.63) is 95.1 Å². The van der Waals surface area contributed by atoms with Gasteiger partial charge in [-0.25, -0.2) is 0 Å². The highest BCUT2D eigenvalue weighted by atomic mass is 16.5. The van der Waals surface area contributed by atoms with E-state index >= 15 is 0 Å². The number of aryl methyl sites for hydroxylation is 1. The number of amides is 1. The molecule has 4 rings (SSSR count). The Kier molecular flexibility index (Phi) is 6.72. The molecule has 0 bridgehead atoms. The number of hydrogen-bond donors (Lipinski definition) is 1. The van der Waals surface area contributed by atoms with E-state index in [-0.39, 0.29) is 17.9 Å². The Hall–Kier alpha value is -4.00. The van der Waals surface area contributed by atoms with Crippen molar-refractivity contribution in [2.75, 3.05) is 6.61 Å². The fourth-order valence-electron chi connectivity index (χ4n) is 3.94. The molecular weight excluding hydrogens is 430 g/mol. The number of aliphatic hydroxyl groups excluding tert-OH is 1. The van der Waals surface area contributed by atoms with E-state index in [0.717, 1.165) is 11.1 Å². The van der Waals surface area contributed by atoms with Crippen molar-refractivity contribution in [2.24, 2.45) is 5.92 Å². The van der Waals surface area contributed by atoms with E-state index < -0.39 is 17.7 Å². The van der Waals surface area contributed by atoms with E-state index in [9.17, 15) is 14.7 Å². The van der Waals surface area contributed by atoms with Crippen LogP contribution in [0.4, 0.5) is 0 Å². The van der Waals surface area contributed by atoms with E-state index in [2.05, 4.69) is 23.8 Å². The minimum Gasteiger partial charge on any atom is -0.507 e. The molecule has 0 saturated carbocycles. The van der Waals surface area contributed by atoms with Crippen molar-refractivity contribution in [3.63, 3.8) is 0 Å². The van der Waals surface area contributed by atoms with Crippen molar-refractivity contribution in [2.45, 2.75) is 33.4 Å². The molecule has 1 saturated heterocycles. The zero-order chi connectivity index (χ0) is 24.2. The average Bonchev–Trinajstić information content (AvgIpc) is 3.09. The van der Waals surface area contributed by atoms with E-state index in [0.29, 0.717) is 29.5 Å². The average molecular weight is 458 g/mol. The van der Waals surface area contributed by atoms with Crippen LogP contribution >= 0.6 is 0 Å². The minimum atomic E-state index is -0.813. The molecule has 3 aromatic rings. The minimum absolute atomic E-state index is 0.0213. The Labute approximate surface area is 198 Å². The van der Waals surface area contributed by atoms with Gasteiger partial charge in [0.2, 0.25) is 0 Å². The van der Waals surface area contributed by atoms with Gasteiger partial charge in [-0.05, 0) is 66.4 Å². The number of aromatic nitrogens is 2. The molecular formula is C27H27N3O4. The van der Waals surface area contributed by atoms with Gasteiger partial charge in [0.25, 0.3) is 11.7 Å². The van der Waals surface area contributed by atoms with E-state index in [1.807, 2.05) is 6.92 Å². The summed E-state index contributed by atoms with van der Waals surface area (Å²) in [6.07, 6.45) is 4.87. The van der Waals surface area contributed by atoms with Gasteiger partial charge in [0, 0.05) is 30.7 Å². The lowest BCUT2D eigenvalue weighted by Gasteiger charge is -2.24. The van der Waals surface area contributed by atoms with Crippen LogP contribution in [0.1, 0.15) is 42.3 Å². The van der Waals surface area contributed by atoms with Crippen molar-refractivity contribution in [1.29, 1.82) is 0 Å². The summed E-state index contributed by atoms with van der Waals surface area (Å²) in [5, 5.41) is 11.3. The highest BCUT2D eigenvalue weighted by molar-refractivity contribution is 6.46. The standard InChI is InChI=1S/C27H27N3O4/c1-17(2)16-34-22-8-7-20(14-18(22)3)25(31)23-24(21-6-4-5-11-29-21)30(27(33)26(23)32)15-19-9-12-28-13-10-19/h4-14,17,24,31H,15-16H2,1-3H3/b25-23-. The number of hydrogen-bond acceptors (Lipinski definition) is 6. The molecule has 1 fully saturated rings. The summed E-state index contributed by atoms with van der Waals surface area (Å²) >= 11 is 0. The van der Waals surface area contributed by atoms with Crippen LogP contribution in [0.5, 0.6) is 5.75 Å². The zero-order valence-electron chi connectivity index (χ0n) is 19.4. The van der Waals surface area contributed by atoms with E-state index in [1.165, 1.54) is 4.90 Å². The van der Waals surface area contributed by atoms with Gasteiger partial charge in [0.15, 0.2) is 0 Å². The van der Waals surface area contributed by atoms with Gasteiger partial charge >= 0.3 is 0 Å². The lowest BCUT2D eigenvalue weighted by Crippen LogP contribution is -2.29. The van der Waals surface area contributed by atoms with Crippen LogP contribution in [0.2, 0.25) is 0 Å². The van der Waals surface area contributed by atoms with Crippen LogP contribution in [0.15, 0.2) is 72.7 Å².